The Bertz CT molecular complexity index is 1110. The zero-order chi connectivity index (χ0) is 19.0. The minimum atomic E-state index is -0.0701. The molecule has 5 heteroatoms. The summed E-state index contributed by atoms with van der Waals surface area (Å²) in [7, 11) is 0. The zero-order valence-corrected chi connectivity index (χ0v) is 16.4. The van der Waals surface area contributed by atoms with Gasteiger partial charge in [0.1, 0.15) is 9.71 Å². The molecule has 0 aliphatic carbocycles. The highest BCUT2D eigenvalue weighted by Crippen LogP contribution is 2.35. The molecule has 0 spiro atoms. The van der Waals surface area contributed by atoms with Crippen LogP contribution in [0.2, 0.25) is 0 Å². The molecule has 0 bridgehead atoms. The number of carbonyl (C=O) groups excluding carboxylic acids is 1. The smallest absolute Gasteiger partial charge is 0.263 e. The molecular weight excluding hydrogens is 354 g/mol. The second kappa shape index (κ2) is 7.00. The number of nitrogens with one attached hydrogen (secondary N) is 1. The Hall–Kier alpha value is -2.92. The van der Waals surface area contributed by atoms with Gasteiger partial charge < -0.3 is 9.88 Å². The largest absolute Gasteiger partial charge is 0.347 e. The van der Waals surface area contributed by atoms with Gasteiger partial charge >= 0.3 is 0 Å². The van der Waals surface area contributed by atoms with E-state index in [1.54, 1.807) is 0 Å². The summed E-state index contributed by atoms with van der Waals surface area (Å²) in [5, 5.41) is 4.11. The van der Waals surface area contributed by atoms with E-state index in [4.69, 9.17) is 0 Å². The van der Waals surface area contributed by atoms with Gasteiger partial charge in [0.2, 0.25) is 0 Å². The number of hydrogen-bond acceptors (Lipinski definition) is 3. The lowest BCUT2D eigenvalue weighted by molar-refractivity contribution is 0.0955. The lowest BCUT2D eigenvalue weighted by Crippen LogP contribution is -2.23. The molecule has 0 radical (unpaired) electrons. The molecule has 4 nitrogen and oxygen atoms in total. The van der Waals surface area contributed by atoms with Crippen LogP contribution in [0, 0.1) is 20.8 Å². The number of fused-ring (bicyclic) bond motifs is 1. The molecule has 0 saturated heterocycles. The van der Waals surface area contributed by atoms with E-state index in [2.05, 4.69) is 42.3 Å². The standard InChI is InChI=1S/C22H21N3OS/c1-14-6-8-17(9-7-14)13-23-21(26)20-19(25-10-4-5-11-25)18-15(2)12-16(3)24-22(18)27-20/h4-12H,13H2,1-3H3,(H,23,26). The van der Waals surface area contributed by atoms with Crippen molar-refractivity contribution in [3.63, 3.8) is 0 Å². The van der Waals surface area contributed by atoms with Gasteiger partial charge in [-0.1, -0.05) is 29.8 Å². The summed E-state index contributed by atoms with van der Waals surface area (Å²) in [6, 6.07) is 14.2. The zero-order valence-electron chi connectivity index (χ0n) is 15.6. The average molecular weight is 375 g/mol. The molecule has 1 amide bonds. The number of hydrogen-bond donors (Lipinski definition) is 1. The first-order valence-electron chi connectivity index (χ1n) is 8.91. The number of aryl methyl sites for hydroxylation is 3. The molecule has 27 heavy (non-hydrogen) atoms. The van der Waals surface area contributed by atoms with Crippen LogP contribution in [0.3, 0.4) is 0 Å². The van der Waals surface area contributed by atoms with Crippen LogP contribution in [0.15, 0.2) is 54.9 Å². The van der Waals surface area contributed by atoms with E-state index in [0.717, 1.165) is 32.7 Å². The number of amides is 1. The van der Waals surface area contributed by atoms with E-state index < -0.39 is 0 Å². The fraction of sp³-hybridized carbons (Fsp3) is 0.182. The third kappa shape index (κ3) is 3.38. The normalized spacial score (nSPS) is 11.1. The van der Waals surface area contributed by atoms with Gasteiger partial charge in [0.25, 0.3) is 5.91 Å². The van der Waals surface area contributed by atoms with E-state index in [1.165, 1.54) is 16.9 Å². The van der Waals surface area contributed by atoms with Crippen molar-refractivity contribution in [2.24, 2.45) is 0 Å². The van der Waals surface area contributed by atoms with E-state index in [1.807, 2.05) is 48.1 Å². The van der Waals surface area contributed by atoms with Crippen LogP contribution in [0.1, 0.15) is 32.1 Å². The fourth-order valence-corrected chi connectivity index (χ4v) is 4.49. The van der Waals surface area contributed by atoms with Crippen molar-refractivity contribution in [1.29, 1.82) is 0 Å². The van der Waals surface area contributed by atoms with Gasteiger partial charge in [0.15, 0.2) is 0 Å². The van der Waals surface area contributed by atoms with Crippen molar-refractivity contribution in [2.45, 2.75) is 27.3 Å². The third-order valence-corrected chi connectivity index (χ3v) is 5.68. The third-order valence-electron chi connectivity index (χ3n) is 4.60. The van der Waals surface area contributed by atoms with Crippen molar-refractivity contribution in [3.05, 3.63) is 82.1 Å². The monoisotopic (exact) mass is 375 g/mol. The van der Waals surface area contributed by atoms with Crippen LogP contribution in [-0.4, -0.2) is 15.5 Å². The number of pyridine rings is 1. The molecule has 136 valence electrons. The second-order valence-electron chi connectivity index (χ2n) is 6.80. The molecule has 0 aliphatic rings. The SMILES string of the molecule is Cc1ccc(CNC(=O)c2sc3nc(C)cc(C)c3c2-n2cccc2)cc1. The van der Waals surface area contributed by atoms with Crippen molar-refractivity contribution in [1.82, 2.24) is 14.9 Å². The van der Waals surface area contributed by atoms with Gasteiger partial charge in [0, 0.05) is 30.0 Å². The summed E-state index contributed by atoms with van der Waals surface area (Å²) < 4.78 is 2.00. The highest BCUT2D eigenvalue weighted by atomic mass is 32.1. The Morgan fingerprint density at radius 2 is 1.81 bits per heavy atom. The molecule has 1 N–H and O–H groups in total. The topological polar surface area (TPSA) is 46.9 Å². The summed E-state index contributed by atoms with van der Waals surface area (Å²) >= 11 is 1.45. The highest BCUT2D eigenvalue weighted by Gasteiger charge is 2.22. The molecule has 1 aromatic carbocycles. The van der Waals surface area contributed by atoms with Crippen LogP contribution < -0.4 is 5.32 Å². The van der Waals surface area contributed by atoms with Gasteiger partial charge in [-0.25, -0.2) is 4.98 Å². The molecule has 4 rings (SSSR count). The Labute approximate surface area is 162 Å². The molecule has 0 saturated carbocycles. The van der Waals surface area contributed by atoms with Gasteiger partial charge in [-0.15, -0.1) is 11.3 Å². The maximum Gasteiger partial charge on any atom is 0.263 e. The molecule has 0 fully saturated rings. The maximum absolute atomic E-state index is 13.0. The lowest BCUT2D eigenvalue weighted by atomic mass is 10.1. The summed E-state index contributed by atoms with van der Waals surface area (Å²) in [6.07, 6.45) is 3.94. The van der Waals surface area contributed by atoms with E-state index >= 15 is 0 Å². The van der Waals surface area contributed by atoms with Gasteiger partial charge in [-0.2, -0.15) is 0 Å². The first-order valence-corrected chi connectivity index (χ1v) is 9.72. The number of rotatable bonds is 4. The summed E-state index contributed by atoms with van der Waals surface area (Å²) in [4.78, 5) is 19.3. The predicted molar refractivity (Wildman–Crippen MR) is 111 cm³/mol. The van der Waals surface area contributed by atoms with Crippen LogP contribution in [0.25, 0.3) is 15.9 Å². The number of carbonyl (C=O) groups is 1. The fourth-order valence-electron chi connectivity index (χ4n) is 3.28. The predicted octanol–water partition coefficient (Wildman–Crippen LogP) is 4.94. The Kier molecular flexibility index (Phi) is 4.54. The van der Waals surface area contributed by atoms with Gasteiger partial charge in [0.05, 0.1) is 5.69 Å². The second-order valence-corrected chi connectivity index (χ2v) is 7.80. The van der Waals surface area contributed by atoms with Crippen LogP contribution >= 0.6 is 11.3 Å². The maximum atomic E-state index is 13.0. The average Bonchev–Trinajstić information content (AvgIpc) is 3.28. The first-order chi connectivity index (χ1) is 13.0. The van der Waals surface area contributed by atoms with E-state index in [-0.39, 0.29) is 5.91 Å². The molecule has 0 aliphatic heterocycles. The van der Waals surface area contributed by atoms with Crippen LogP contribution in [0.4, 0.5) is 0 Å². The summed E-state index contributed by atoms with van der Waals surface area (Å²) in [5.41, 5.74) is 5.30. The molecule has 4 aromatic rings. The molecule has 3 heterocycles. The van der Waals surface area contributed by atoms with E-state index in [0.29, 0.717) is 11.4 Å². The minimum Gasteiger partial charge on any atom is -0.347 e. The van der Waals surface area contributed by atoms with Crippen LogP contribution in [-0.2, 0) is 6.54 Å². The quantitative estimate of drug-likeness (QED) is 0.549. The van der Waals surface area contributed by atoms with E-state index in [9.17, 15) is 4.79 Å². The molecular formula is C22H21N3OS. The Morgan fingerprint density at radius 3 is 2.52 bits per heavy atom. The van der Waals surface area contributed by atoms with Gasteiger partial charge in [-0.3, -0.25) is 4.79 Å². The first kappa shape index (κ1) is 17.5. The Morgan fingerprint density at radius 1 is 1.11 bits per heavy atom. The summed E-state index contributed by atoms with van der Waals surface area (Å²) in [5.74, 6) is -0.0701. The molecule has 0 atom stereocenters. The number of aromatic nitrogens is 2. The summed E-state index contributed by atoms with van der Waals surface area (Å²) in [6.45, 7) is 6.62. The number of nitrogens with zero attached hydrogens (tertiary/aromatic N) is 2. The van der Waals surface area contributed by atoms with Crippen LogP contribution in [0.5, 0.6) is 0 Å². The van der Waals surface area contributed by atoms with Crippen molar-refractivity contribution in [2.75, 3.05) is 0 Å². The van der Waals surface area contributed by atoms with Crippen molar-refractivity contribution < 1.29 is 4.79 Å². The molecule has 0 unspecified atom stereocenters. The number of thiophene rings is 1. The minimum absolute atomic E-state index is 0.0701. The number of benzene rings is 1. The van der Waals surface area contributed by atoms with Crippen molar-refractivity contribution >= 4 is 27.5 Å². The lowest BCUT2D eigenvalue weighted by Gasteiger charge is -2.09. The van der Waals surface area contributed by atoms with Gasteiger partial charge in [-0.05, 0) is 50.1 Å². The molecule has 3 aromatic heterocycles. The van der Waals surface area contributed by atoms with Crippen molar-refractivity contribution in [3.8, 4) is 5.69 Å². The highest BCUT2D eigenvalue weighted by molar-refractivity contribution is 7.21. The Balaban J connectivity index is 1.74.